The lowest BCUT2D eigenvalue weighted by Gasteiger charge is -2.31. The van der Waals surface area contributed by atoms with E-state index in [2.05, 4.69) is 41.2 Å². The Balaban J connectivity index is 1.72. The summed E-state index contributed by atoms with van der Waals surface area (Å²) in [6.07, 6.45) is 6.96. The van der Waals surface area contributed by atoms with Crippen molar-refractivity contribution < 1.29 is 9.53 Å². The van der Waals surface area contributed by atoms with Crippen LogP contribution in [0.5, 0.6) is 0 Å². The van der Waals surface area contributed by atoms with Crippen LogP contribution in [0.3, 0.4) is 0 Å². The molecule has 0 spiro atoms. The van der Waals surface area contributed by atoms with Crippen molar-refractivity contribution in [3.05, 3.63) is 47.8 Å². The van der Waals surface area contributed by atoms with E-state index < -0.39 is 0 Å². The Morgan fingerprint density at radius 3 is 3.00 bits per heavy atom. The molecule has 1 atom stereocenters. The summed E-state index contributed by atoms with van der Waals surface area (Å²) in [7, 11) is 1.45. The first-order valence-electron chi connectivity index (χ1n) is 8.29. The Labute approximate surface area is 137 Å². The van der Waals surface area contributed by atoms with E-state index in [-0.39, 0.29) is 5.97 Å². The molecule has 0 saturated carbocycles. The van der Waals surface area contributed by atoms with Crippen molar-refractivity contribution in [3.8, 4) is 0 Å². The number of aromatic nitrogens is 1. The number of H-pyrrole nitrogens is 1. The predicted octanol–water partition coefficient (Wildman–Crippen LogP) is 3.50. The van der Waals surface area contributed by atoms with Crippen LogP contribution in [-0.4, -0.2) is 36.1 Å². The molecule has 0 aliphatic carbocycles. The first-order chi connectivity index (χ1) is 11.2. The van der Waals surface area contributed by atoms with Gasteiger partial charge in [0.05, 0.1) is 12.7 Å². The molecule has 3 rings (SSSR count). The van der Waals surface area contributed by atoms with Crippen LogP contribution in [0.2, 0.25) is 0 Å². The highest BCUT2D eigenvalue weighted by Crippen LogP contribution is 2.25. The Morgan fingerprint density at radius 2 is 2.22 bits per heavy atom. The largest absolute Gasteiger partial charge is 0.466 e. The van der Waals surface area contributed by atoms with Gasteiger partial charge < -0.3 is 14.6 Å². The summed E-state index contributed by atoms with van der Waals surface area (Å²) in [5.41, 5.74) is 3.30. The molecule has 0 amide bonds. The number of hydrogen-bond acceptors (Lipinski definition) is 3. The van der Waals surface area contributed by atoms with Crippen molar-refractivity contribution in [1.29, 1.82) is 0 Å². The second-order valence-corrected chi connectivity index (χ2v) is 6.23. The third kappa shape index (κ3) is 3.41. The van der Waals surface area contributed by atoms with E-state index in [9.17, 15) is 4.79 Å². The average Bonchev–Trinajstić information content (AvgIpc) is 3.02. The highest BCUT2D eigenvalue weighted by Gasteiger charge is 2.23. The predicted molar refractivity (Wildman–Crippen MR) is 92.1 cm³/mol. The summed E-state index contributed by atoms with van der Waals surface area (Å²) in [6.45, 7) is 4.11. The number of para-hydroxylation sites is 1. The van der Waals surface area contributed by atoms with E-state index in [4.69, 9.17) is 4.74 Å². The van der Waals surface area contributed by atoms with Gasteiger partial charge in [-0.15, -0.1) is 0 Å². The molecule has 1 aromatic heterocycles. The molecule has 0 saturated heterocycles. The van der Waals surface area contributed by atoms with Gasteiger partial charge >= 0.3 is 5.97 Å². The molecule has 0 fully saturated rings. The molecule has 0 bridgehead atoms. The summed E-state index contributed by atoms with van der Waals surface area (Å²) in [5.74, 6) is 0.331. The molecular formula is C19H24N2O2. The molecule has 1 aliphatic heterocycles. The van der Waals surface area contributed by atoms with Crippen LogP contribution in [-0.2, 0) is 16.0 Å². The molecule has 4 nitrogen and oxygen atoms in total. The molecule has 0 radical (unpaired) electrons. The van der Waals surface area contributed by atoms with Gasteiger partial charge in [0, 0.05) is 36.4 Å². The smallest absolute Gasteiger partial charge is 0.335 e. The van der Waals surface area contributed by atoms with Crippen molar-refractivity contribution in [3.63, 3.8) is 0 Å². The number of ether oxygens (including phenoxy) is 1. The van der Waals surface area contributed by atoms with Crippen LogP contribution < -0.4 is 0 Å². The quantitative estimate of drug-likeness (QED) is 0.860. The van der Waals surface area contributed by atoms with Crippen LogP contribution in [0.25, 0.3) is 10.9 Å². The number of nitrogens with zero attached hydrogens (tertiary/aromatic N) is 1. The molecule has 2 aromatic rings. The van der Waals surface area contributed by atoms with Gasteiger partial charge in [0.1, 0.15) is 0 Å². The van der Waals surface area contributed by atoms with Gasteiger partial charge in [0.15, 0.2) is 0 Å². The maximum atomic E-state index is 11.9. The fourth-order valence-electron chi connectivity index (χ4n) is 3.33. The minimum Gasteiger partial charge on any atom is -0.466 e. The van der Waals surface area contributed by atoms with Crippen molar-refractivity contribution in [2.24, 2.45) is 5.92 Å². The summed E-state index contributed by atoms with van der Waals surface area (Å²) >= 11 is 0. The van der Waals surface area contributed by atoms with Crippen LogP contribution in [0, 0.1) is 5.92 Å². The molecule has 23 heavy (non-hydrogen) atoms. The zero-order valence-corrected chi connectivity index (χ0v) is 13.8. The molecule has 1 N–H and O–H groups in total. The summed E-state index contributed by atoms with van der Waals surface area (Å²) in [4.78, 5) is 17.5. The van der Waals surface area contributed by atoms with Crippen LogP contribution in [0.15, 0.2) is 42.2 Å². The fraction of sp³-hybridized carbons (Fsp3) is 0.421. The Morgan fingerprint density at radius 1 is 1.39 bits per heavy atom. The second kappa shape index (κ2) is 6.90. The van der Waals surface area contributed by atoms with E-state index >= 15 is 0 Å². The van der Waals surface area contributed by atoms with Crippen LogP contribution in [0.1, 0.15) is 25.3 Å². The van der Waals surface area contributed by atoms with Crippen molar-refractivity contribution >= 4 is 16.9 Å². The zero-order valence-electron chi connectivity index (χ0n) is 13.8. The summed E-state index contributed by atoms with van der Waals surface area (Å²) in [6, 6.07) is 8.37. The minimum absolute atomic E-state index is 0.194. The Hall–Kier alpha value is -2.23. The second-order valence-electron chi connectivity index (χ2n) is 6.23. The molecule has 1 unspecified atom stereocenters. The normalized spacial score (nSPS) is 18.1. The zero-order chi connectivity index (χ0) is 16.2. The van der Waals surface area contributed by atoms with Crippen LogP contribution in [0.4, 0.5) is 0 Å². The minimum atomic E-state index is -0.194. The van der Waals surface area contributed by atoms with Gasteiger partial charge in [-0.25, -0.2) is 4.79 Å². The lowest BCUT2D eigenvalue weighted by molar-refractivity contribution is -0.136. The summed E-state index contributed by atoms with van der Waals surface area (Å²) < 4.78 is 4.90. The molecule has 4 heteroatoms. The number of methoxy groups -OCH3 is 1. The molecular weight excluding hydrogens is 288 g/mol. The lowest BCUT2D eigenvalue weighted by Crippen LogP contribution is -2.32. The topological polar surface area (TPSA) is 45.3 Å². The third-order valence-electron chi connectivity index (χ3n) is 4.71. The number of esters is 1. The monoisotopic (exact) mass is 312 g/mol. The first kappa shape index (κ1) is 15.7. The number of hydrogen-bond donors (Lipinski definition) is 1. The number of carbonyl (C=O) groups is 1. The number of carbonyl (C=O) groups excluding carboxylic acids is 1. The molecule has 2 heterocycles. The van der Waals surface area contributed by atoms with E-state index in [0.717, 1.165) is 37.9 Å². The van der Waals surface area contributed by atoms with E-state index in [0.29, 0.717) is 5.92 Å². The lowest BCUT2D eigenvalue weighted by atomic mass is 9.93. The third-order valence-corrected chi connectivity index (χ3v) is 4.71. The Bertz CT molecular complexity index is 717. The fourth-order valence-corrected chi connectivity index (χ4v) is 3.33. The van der Waals surface area contributed by atoms with Crippen molar-refractivity contribution in [1.82, 2.24) is 9.88 Å². The van der Waals surface area contributed by atoms with Gasteiger partial charge in [0.2, 0.25) is 0 Å². The van der Waals surface area contributed by atoms with Gasteiger partial charge in [-0.1, -0.05) is 31.5 Å². The highest BCUT2D eigenvalue weighted by atomic mass is 16.5. The number of aromatic amines is 1. The number of benzene rings is 1. The van der Waals surface area contributed by atoms with Gasteiger partial charge in [-0.2, -0.15) is 0 Å². The van der Waals surface area contributed by atoms with E-state index in [1.807, 2.05) is 12.3 Å². The molecule has 122 valence electrons. The number of nitrogens with one attached hydrogen (secondary N) is 1. The Kier molecular flexibility index (Phi) is 4.70. The first-order valence-corrected chi connectivity index (χ1v) is 8.29. The number of fused-ring (bicyclic) bond motifs is 1. The van der Waals surface area contributed by atoms with Gasteiger partial charge in [0.25, 0.3) is 0 Å². The van der Waals surface area contributed by atoms with Crippen molar-refractivity contribution in [2.75, 3.05) is 20.2 Å². The maximum Gasteiger partial charge on any atom is 0.335 e. The number of rotatable bonds is 5. The highest BCUT2D eigenvalue weighted by molar-refractivity contribution is 5.88. The van der Waals surface area contributed by atoms with Gasteiger partial charge in [-0.05, 0) is 30.4 Å². The maximum absolute atomic E-state index is 11.9. The van der Waals surface area contributed by atoms with Crippen molar-refractivity contribution in [2.45, 2.75) is 26.2 Å². The van der Waals surface area contributed by atoms with E-state index in [1.54, 1.807) is 0 Å². The SMILES string of the molecule is CCC1CC(C(=O)OC)=CN(CCc2c[nH]c3ccccc23)C1. The van der Waals surface area contributed by atoms with Gasteiger partial charge in [-0.3, -0.25) is 0 Å². The standard InChI is InChI=1S/C19H24N2O2/c1-3-14-10-16(19(22)23-2)13-21(12-14)9-8-15-11-20-18-7-5-4-6-17(15)18/h4-7,11,13-14,20H,3,8-10,12H2,1-2H3. The van der Waals surface area contributed by atoms with Crippen LogP contribution >= 0.6 is 0 Å². The average molecular weight is 312 g/mol. The van der Waals surface area contributed by atoms with E-state index in [1.165, 1.54) is 23.6 Å². The molecule has 1 aliphatic rings. The molecule has 1 aromatic carbocycles. The summed E-state index contributed by atoms with van der Waals surface area (Å²) in [5, 5.41) is 1.29.